The average Bonchev–Trinajstić information content (AvgIpc) is 3.16. The zero-order valence-corrected chi connectivity index (χ0v) is 15.5. The summed E-state index contributed by atoms with van der Waals surface area (Å²) in [5, 5.41) is 14.2. The van der Waals surface area contributed by atoms with Crippen molar-refractivity contribution in [3.05, 3.63) is 57.8 Å². The minimum Gasteiger partial charge on any atom is -0.506 e. The van der Waals surface area contributed by atoms with Crippen LogP contribution in [-0.4, -0.2) is 46.6 Å². The van der Waals surface area contributed by atoms with Gasteiger partial charge in [-0.1, -0.05) is 23.2 Å². The Morgan fingerprint density at radius 1 is 1.23 bits per heavy atom. The van der Waals surface area contributed by atoms with Gasteiger partial charge < -0.3 is 15.3 Å². The number of likely N-dealkylation sites (tertiary alicyclic amines) is 1. The van der Waals surface area contributed by atoms with Crippen LogP contribution in [-0.2, 0) is 6.42 Å². The summed E-state index contributed by atoms with van der Waals surface area (Å²) >= 11 is 12.2. The van der Waals surface area contributed by atoms with Gasteiger partial charge in [0.15, 0.2) is 0 Å². The van der Waals surface area contributed by atoms with Gasteiger partial charge in [-0.15, -0.1) is 0 Å². The van der Waals surface area contributed by atoms with E-state index in [4.69, 9.17) is 23.2 Å². The van der Waals surface area contributed by atoms with Gasteiger partial charge in [0.2, 0.25) is 0 Å². The van der Waals surface area contributed by atoms with E-state index in [0.717, 1.165) is 25.1 Å². The standard InChI is InChI=1S/C19H19Cl2N3O2/c20-13-3-11(4-14(21)6-13)5-18-16-10-24(9-12(16)7-22-18)19(26)17-2-1-15(25)8-23-17/h1-4,6,8,12,16,18,22,25H,5,7,9-10H2/t12-,16-,18?/m1/s1. The highest BCUT2D eigenvalue weighted by molar-refractivity contribution is 6.34. The van der Waals surface area contributed by atoms with E-state index in [1.807, 2.05) is 17.0 Å². The number of aromatic hydroxyl groups is 1. The molecule has 1 unspecified atom stereocenters. The minimum absolute atomic E-state index is 0.0595. The Hall–Kier alpha value is -1.82. The second kappa shape index (κ2) is 7.06. The van der Waals surface area contributed by atoms with Crippen molar-refractivity contribution in [1.29, 1.82) is 0 Å². The van der Waals surface area contributed by atoms with Crippen LogP contribution in [0.4, 0.5) is 0 Å². The molecular formula is C19H19Cl2N3O2. The molecule has 136 valence electrons. The average molecular weight is 392 g/mol. The molecule has 1 aromatic heterocycles. The van der Waals surface area contributed by atoms with Crippen molar-refractivity contribution in [2.75, 3.05) is 19.6 Å². The van der Waals surface area contributed by atoms with Crippen molar-refractivity contribution in [2.24, 2.45) is 11.8 Å². The van der Waals surface area contributed by atoms with Crippen LogP contribution < -0.4 is 5.32 Å². The van der Waals surface area contributed by atoms with Crippen LogP contribution in [0.3, 0.4) is 0 Å². The first kappa shape index (κ1) is 17.6. The highest BCUT2D eigenvalue weighted by Gasteiger charge is 2.44. The fraction of sp³-hybridized carbons (Fsp3) is 0.368. The van der Waals surface area contributed by atoms with E-state index < -0.39 is 0 Å². The molecule has 2 aromatic rings. The van der Waals surface area contributed by atoms with Gasteiger partial charge in [0, 0.05) is 35.7 Å². The lowest BCUT2D eigenvalue weighted by Crippen LogP contribution is -2.36. The normalized spacial score (nSPS) is 24.7. The van der Waals surface area contributed by atoms with Crippen molar-refractivity contribution in [3.8, 4) is 5.75 Å². The number of benzene rings is 1. The first-order chi connectivity index (χ1) is 12.5. The fourth-order valence-electron chi connectivity index (χ4n) is 4.07. The predicted octanol–water partition coefficient (Wildman–Crippen LogP) is 3.00. The number of aromatic nitrogens is 1. The second-order valence-electron chi connectivity index (χ2n) is 7.03. The summed E-state index contributed by atoms with van der Waals surface area (Å²) in [4.78, 5) is 18.6. The zero-order chi connectivity index (χ0) is 18.3. The molecule has 2 fully saturated rings. The number of amides is 1. The molecule has 0 spiro atoms. The summed E-state index contributed by atoms with van der Waals surface area (Å²) < 4.78 is 0. The van der Waals surface area contributed by atoms with Crippen LogP contribution in [0.15, 0.2) is 36.5 Å². The molecule has 0 saturated carbocycles. The maximum absolute atomic E-state index is 12.7. The molecule has 0 bridgehead atoms. The van der Waals surface area contributed by atoms with Gasteiger partial charge in [-0.05, 0) is 54.2 Å². The lowest BCUT2D eigenvalue weighted by Gasteiger charge is -2.21. The van der Waals surface area contributed by atoms with Crippen LogP contribution in [0, 0.1) is 11.8 Å². The number of rotatable bonds is 3. The van der Waals surface area contributed by atoms with Gasteiger partial charge in [-0.3, -0.25) is 4.79 Å². The van der Waals surface area contributed by atoms with Crippen molar-refractivity contribution < 1.29 is 9.90 Å². The molecule has 0 aliphatic carbocycles. The van der Waals surface area contributed by atoms with Crippen LogP contribution >= 0.6 is 23.2 Å². The number of fused-ring (bicyclic) bond motifs is 1. The molecule has 2 N–H and O–H groups in total. The van der Waals surface area contributed by atoms with Crippen LogP contribution in [0.5, 0.6) is 5.75 Å². The van der Waals surface area contributed by atoms with Gasteiger partial charge in [-0.2, -0.15) is 0 Å². The molecule has 1 amide bonds. The van der Waals surface area contributed by atoms with E-state index in [1.165, 1.54) is 12.3 Å². The summed E-state index contributed by atoms with van der Waals surface area (Å²) in [7, 11) is 0. The van der Waals surface area contributed by atoms with Gasteiger partial charge in [0.05, 0.1) is 6.20 Å². The number of nitrogens with one attached hydrogen (secondary N) is 1. The van der Waals surface area contributed by atoms with Crippen molar-refractivity contribution in [3.63, 3.8) is 0 Å². The lowest BCUT2D eigenvalue weighted by molar-refractivity contribution is 0.0773. The quantitative estimate of drug-likeness (QED) is 0.843. The molecule has 0 radical (unpaired) electrons. The molecule has 4 rings (SSSR count). The molecule has 3 heterocycles. The maximum atomic E-state index is 12.7. The number of halogens is 2. The van der Waals surface area contributed by atoms with Crippen LogP contribution in [0.25, 0.3) is 0 Å². The van der Waals surface area contributed by atoms with Crippen molar-refractivity contribution >= 4 is 29.1 Å². The molecule has 26 heavy (non-hydrogen) atoms. The highest BCUT2D eigenvalue weighted by atomic mass is 35.5. The number of hydrogen-bond acceptors (Lipinski definition) is 4. The Balaban J connectivity index is 1.45. The third-order valence-corrected chi connectivity index (χ3v) is 5.72. The first-order valence-corrected chi connectivity index (χ1v) is 9.38. The van der Waals surface area contributed by atoms with E-state index >= 15 is 0 Å². The lowest BCUT2D eigenvalue weighted by atomic mass is 9.90. The molecule has 7 heteroatoms. The summed E-state index contributed by atoms with van der Waals surface area (Å²) in [5.41, 5.74) is 1.47. The Kier molecular flexibility index (Phi) is 4.78. The molecule has 2 saturated heterocycles. The summed E-state index contributed by atoms with van der Waals surface area (Å²) in [6.07, 6.45) is 2.14. The van der Waals surface area contributed by atoms with Gasteiger partial charge in [-0.25, -0.2) is 4.98 Å². The minimum atomic E-state index is -0.0797. The van der Waals surface area contributed by atoms with Gasteiger partial charge in [0.1, 0.15) is 11.4 Å². The number of nitrogens with zero attached hydrogens (tertiary/aromatic N) is 2. The van der Waals surface area contributed by atoms with Crippen LogP contribution in [0.2, 0.25) is 10.0 Å². The predicted molar refractivity (Wildman–Crippen MR) is 101 cm³/mol. The number of hydrogen-bond donors (Lipinski definition) is 2. The SMILES string of the molecule is O=C(c1ccc(O)cn1)N1C[C@H]2CNC(Cc3cc(Cl)cc(Cl)c3)[C@@H]2C1. The monoisotopic (exact) mass is 391 g/mol. The summed E-state index contributed by atoms with van der Waals surface area (Å²) in [6, 6.07) is 8.97. The zero-order valence-electron chi connectivity index (χ0n) is 14.0. The molecule has 5 nitrogen and oxygen atoms in total. The third-order valence-electron chi connectivity index (χ3n) is 5.28. The van der Waals surface area contributed by atoms with E-state index in [1.54, 1.807) is 12.1 Å². The van der Waals surface area contributed by atoms with E-state index in [9.17, 15) is 9.90 Å². The second-order valence-corrected chi connectivity index (χ2v) is 7.91. The van der Waals surface area contributed by atoms with E-state index in [0.29, 0.717) is 40.2 Å². The number of pyridine rings is 1. The highest BCUT2D eigenvalue weighted by Crippen LogP contribution is 2.33. The third kappa shape index (κ3) is 3.52. The smallest absolute Gasteiger partial charge is 0.272 e. The summed E-state index contributed by atoms with van der Waals surface area (Å²) in [6.45, 7) is 2.33. The van der Waals surface area contributed by atoms with Crippen LogP contribution in [0.1, 0.15) is 16.1 Å². The fourth-order valence-corrected chi connectivity index (χ4v) is 4.64. The number of carbonyl (C=O) groups is 1. The molecule has 3 atom stereocenters. The molecule has 2 aliphatic heterocycles. The molecular weight excluding hydrogens is 373 g/mol. The van der Waals surface area contributed by atoms with Gasteiger partial charge in [0.25, 0.3) is 5.91 Å². The Morgan fingerprint density at radius 2 is 2.00 bits per heavy atom. The summed E-state index contributed by atoms with van der Waals surface area (Å²) in [5.74, 6) is 0.817. The number of carbonyl (C=O) groups excluding carboxylic acids is 1. The maximum Gasteiger partial charge on any atom is 0.272 e. The molecule has 1 aromatic carbocycles. The Bertz CT molecular complexity index is 808. The first-order valence-electron chi connectivity index (χ1n) is 8.62. The Morgan fingerprint density at radius 3 is 2.69 bits per heavy atom. The van der Waals surface area contributed by atoms with Crippen molar-refractivity contribution in [1.82, 2.24) is 15.2 Å². The Labute approximate surface area is 161 Å². The van der Waals surface area contributed by atoms with E-state index in [2.05, 4.69) is 10.3 Å². The van der Waals surface area contributed by atoms with E-state index in [-0.39, 0.29) is 11.7 Å². The largest absolute Gasteiger partial charge is 0.506 e. The molecule has 2 aliphatic rings. The van der Waals surface area contributed by atoms with Gasteiger partial charge >= 0.3 is 0 Å². The van der Waals surface area contributed by atoms with Crippen molar-refractivity contribution in [2.45, 2.75) is 12.5 Å². The topological polar surface area (TPSA) is 65.5 Å².